The molecule has 142 valence electrons. The molecule has 1 aromatic carbocycles. The fourth-order valence-electron chi connectivity index (χ4n) is 4.00. The molecule has 27 heavy (non-hydrogen) atoms. The van der Waals surface area contributed by atoms with E-state index in [9.17, 15) is 0 Å². The van der Waals surface area contributed by atoms with Gasteiger partial charge < -0.3 is 4.57 Å². The van der Waals surface area contributed by atoms with Crippen molar-refractivity contribution in [3.63, 3.8) is 0 Å². The van der Waals surface area contributed by atoms with Gasteiger partial charge in [0.2, 0.25) is 0 Å². The molecule has 0 amide bonds. The lowest BCUT2D eigenvalue weighted by Crippen LogP contribution is -2.33. The zero-order valence-electron chi connectivity index (χ0n) is 16.3. The summed E-state index contributed by atoms with van der Waals surface area (Å²) in [4.78, 5) is 6.56. The van der Waals surface area contributed by atoms with Crippen molar-refractivity contribution in [1.82, 2.24) is 34.4 Å². The van der Waals surface area contributed by atoms with Gasteiger partial charge in [-0.15, -0.1) is 10.2 Å². The average molecular weight is 365 g/mol. The second kappa shape index (κ2) is 7.60. The molecule has 0 aliphatic carbocycles. The van der Waals surface area contributed by atoms with Crippen molar-refractivity contribution in [2.24, 2.45) is 7.05 Å². The summed E-state index contributed by atoms with van der Waals surface area (Å²) in [6.45, 7) is 8.28. The van der Waals surface area contributed by atoms with Crippen molar-refractivity contribution in [2.75, 3.05) is 13.1 Å². The van der Waals surface area contributed by atoms with E-state index in [0.717, 1.165) is 44.1 Å². The first-order chi connectivity index (χ1) is 13.1. The third kappa shape index (κ3) is 3.78. The molecule has 0 radical (unpaired) electrons. The standard InChI is InChI=1S/C20H27N7/c1-15-5-4-6-16(2)18(15)11-26-9-7-17(8-10-26)20-24-23-19(25(20)3)12-27-14-21-13-22-27/h4-6,13-14,17H,7-12H2,1-3H3. The maximum absolute atomic E-state index is 4.49. The second-order valence-corrected chi connectivity index (χ2v) is 7.55. The lowest BCUT2D eigenvalue weighted by molar-refractivity contribution is 0.199. The molecular weight excluding hydrogens is 338 g/mol. The van der Waals surface area contributed by atoms with Crippen LogP contribution in [0.1, 0.15) is 47.1 Å². The van der Waals surface area contributed by atoms with E-state index in [2.05, 4.69) is 68.8 Å². The minimum atomic E-state index is 0.473. The van der Waals surface area contributed by atoms with Crippen molar-refractivity contribution >= 4 is 0 Å². The molecule has 1 saturated heterocycles. The Balaban J connectivity index is 1.39. The number of likely N-dealkylation sites (tertiary alicyclic amines) is 1. The van der Waals surface area contributed by atoms with Crippen molar-refractivity contribution in [3.05, 3.63) is 59.2 Å². The highest BCUT2D eigenvalue weighted by Gasteiger charge is 2.25. The predicted octanol–water partition coefficient (Wildman–Crippen LogP) is 2.45. The van der Waals surface area contributed by atoms with Crippen LogP contribution in [0.2, 0.25) is 0 Å². The number of aromatic nitrogens is 6. The van der Waals surface area contributed by atoms with Crippen LogP contribution in [0.3, 0.4) is 0 Å². The van der Waals surface area contributed by atoms with Crippen LogP contribution in [0.5, 0.6) is 0 Å². The minimum absolute atomic E-state index is 0.473. The molecule has 7 heteroatoms. The summed E-state index contributed by atoms with van der Waals surface area (Å²) in [7, 11) is 2.06. The van der Waals surface area contributed by atoms with E-state index in [4.69, 9.17) is 0 Å². The monoisotopic (exact) mass is 365 g/mol. The molecule has 0 saturated carbocycles. The first-order valence-corrected chi connectivity index (χ1v) is 9.60. The number of hydrogen-bond donors (Lipinski definition) is 0. The van der Waals surface area contributed by atoms with Crippen molar-refractivity contribution in [3.8, 4) is 0 Å². The predicted molar refractivity (Wildman–Crippen MR) is 103 cm³/mol. The van der Waals surface area contributed by atoms with E-state index in [1.54, 1.807) is 17.3 Å². The van der Waals surface area contributed by atoms with E-state index in [1.165, 1.54) is 16.7 Å². The fourth-order valence-corrected chi connectivity index (χ4v) is 4.00. The van der Waals surface area contributed by atoms with Gasteiger partial charge in [0, 0.05) is 19.5 Å². The Kier molecular flexibility index (Phi) is 5.03. The normalized spacial score (nSPS) is 16.1. The van der Waals surface area contributed by atoms with Gasteiger partial charge in [0.1, 0.15) is 25.0 Å². The minimum Gasteiger partial charge on any atom is -0.316 e. The summed E-state index contributed by atoms with van der Waals surface area (Å²) in [5.74, 6) is 2.49. The zero-order valence-corrected chi connectivity index (χ0v) is 16.3. The summed E-state index contributed by atoms with van der Waals surface area (Å²) in [5.41, 5.74) is 4.26. The summed E-state index contributed by atoms with van der Waals surface area (Å²) in [6.07, 6.45) is 5.50. The molecule has 0 atom stereocenters. The van der Waals surface area contributed by atoms with Crippen LogP contribution in [0.25, 0.3) is 0 Å². The highest BCUT2D eigenvalue weighted by molar-refractivity contribution is 5.33. The molecule has 0 bridgehead atoms. The quantitative estimate of drug-likeness (QED) is 0.695. The Hall–Kier alpha value is -2.54. The van der Waals surface area contributed by atoms with Gasteiger partial charge in [-0.1, -0.05) is 18.2 Å². The lowest BCUT2D eigenvalue weighted by Gasteiger charge is -2.32. The number of nitrogens with zero attached hydrogens (tertiary/aromatic N) is 7. The molecule has 7 nitrogen and oxygen atoms in total. The Morgan fingerprint density at radius 1 is 1.04 bits per heavy atom. The topological polar surface area (TPSA) is 64.7 Å². The summed E-state index contributed by atoms with van der Waals surface area (Å²) in [6, 6.07) is 6.57. The molecule has 3 heterocycles. The molecular formula is C20H27N7. The van der Waals surface area contributed by atoms with Gasteiger partial charge in [-0.05, 0) is 56.5 Å². The van der Waals surface area contributed by atoms with Gasteiger partial charge in [0.05, 0.1) is 0 Å². The van der Waals surface area contributed by atoms with Gasteiger partial charge in [-0.25, -0.2) is 9.67 Å². The highest BCUT2D eigenvalue weighted by Crippen LogP contribution is 2.28. The van der Waals surface area contributed by atoms with Crippen LogP contribution >= 0.6 is 0 Å². The molecule has 0 N–H and O–H groups in total. The van der Waals surface area contributed by atoms with Crippen molar-refractivity contribution in [1.29, 1.82) is 0 Å². The maximum atomic E-state index is 4.49. The summed E-state index contributed by atoms with van der Waals surface area (Å²) < 4.78 is 3.91. The van der Waals surface area contributed by atoms with Crippen LogP contribution < -0.4 is 0 Å². The molecule has 0 unspecified atom stereocenters. The molecule has 1 aliphatic rings. The third-order valence-corrected chi connectivity index (χ3v) is 5.75. The fraction of sp³-hybridized carbons (Fsp3) is 0.500. The lowest BCUT2D eigenvalue weighted by atomic mass is 9.94. The molecule has 1 aliphatic heterocycles. The Bertz CT molecular complexity index is 869. The van der Waals surface area contributed by atoms with Gasteiger partial charge in [0.25, 0.3) is 0 Å². The second-order valence-electron chi connectivity index (χ2n) is 7.55. The number of rotatable bonds is 5. The third-order valence-electron chi connectivity index (χ3n) is 5.75. The molecule has 2 aromatic heterocycles. The number of hydrogen-bond acceptors (Lipinski definition) is 5. The first-order valence-electron chi connectivity index (χ1n) is 9.60. The smallest absolute Gasteiger partial charge is 0.154 e. The van der Waals surface area contributed by atoms with Crippen molar-refractivity contribution < 1.29 is 0 Å². The largest absolute Gasteiger partial charge is 0.316 e. The van der Waals surface area contributed by atoms with Crippen LogP contribution in [0.4, 0.5) is 0 Å². The van der Waals surface area contributed by atoms with Gasteiger partial charge in [-0.2, -0.15) is 5.10 Å². The van der Waals surface area contributed by atoms with E-state index in [1.807, 2.05) is 0 Å². The van der Waals surface area contributed by atoms with E-state index < -0.39 is 0 Å². The number of piperidine rings is 1. The summed E-state index contributed by atoms with van der Waals surface area (Å²) >= 11 is 0. The van der Waals surface area contributed by atoms with Crippen LogP contribution in [-0.4, -0.2) is 47.5 Å². The van der Waals surface area contributed by atoms with Crippen LogP contribution in [-0.2, 0) is 20.1 Å². The van der Waals surface area contributed by atoms with E-state index in [-0.39, 0.29) is 0 Å². The number of benzene rings is 1. The first kappa shape index (κ1) is 17.9. The van der Waals surface area contributed by atoms with Gasteiger partial charge >= 0.3 is 0 Å². The Labute approximate surface area is 160 Å². The molecule has 1 fully saturated rings. The Morgan fingerprint density at radius 2 is 1.78 bits per heavy atom. The summed E-state index contributed by atoms with van der Waals surface area (Å²) in [5, 5.41) is 13.0. The van der Waals surface area contributed by atoms with Gasteiger partial charge in [-0.3, -0.25) is 4.90 Å². The zero-order chi connectivity index (χ0) is 18.8. The van der Waals surface area contributed by atoms with Gasteiger partial charge in [0.15, 0.2) is 5.82 Å². The number of aryl methyl sites for hydroxylation is 2. The van der Waals surface area contributed by atoms with E-state index >= 15 is 0 Å². The van der Waals surface area contributed by atoms with E-state index in [0.29, 0.717) is 12.5 Å². The van der Waals surface area contributed by atoms with Crippen LogP contribution in [0, 0.1) is 13.8 Å². The highest BCUT2D eigenvalue weighted by atomic mass is 15.4. The molecule has 4 rings (SSSR count). The van der Waals surface area contributed by atoms with Crippen LogP contribution in [0.15, 0.2) is 30.9 Å². The SMILES string of the molecule is Cc1cccc(C)c1CN1CCC(c2nnc(Cn3cncn3)n2C)CC1. The molecule has 0 spiro atoms. The maximum Gasteiger partial charge on any atom is 0.154 e. The molecule has 3 aromatic rings. The average Bonchev–Trinajstić information content (AvgIpc) is 3.30. The Morgan fingerprint density at radius 3 is 2.44 bits per heavy atom. The van der Waals surface area contributed by atoms with Crippen molar-refractivity contribution in [2.45, 2.75) is 45.7 Å².